The Hall–Kier alpha value is -1.61. The highest BCUT2D eigenvalue weighted by Gasteiger charge is 2.16. The van der Waals surface area contributed by atoms with Crippen molar-refractivity contribution in [1.82, 2.24) is 0 Å². The molecule has 0 aliphatic carbocycles. The number of hydrogen-bond donors (Lipinski definition) is 1. The lowest BCUT2D eigenvalue weighted by Crippen LogP contribution is -2.09. The van der Waals surface area contributed by atoms with Crippen molar-refractivity contribution in [1.29, 1.82) is 0 Å². The van der Waals surface area contributed by atoms with Gasteiger partial charge < -0.3 is 10.2 Å². The van der Waals surface area contributed by atoms with Gasteiger partial charge in [0.2, 0.25) is 0 Å². The van der Waals surface area contributed by atoms with Crippen LogP contribution in [0.3, 0.4) is 0 Å². The van der Waals surface area contributed by atoms with Gasteiger partial charge in [0.25, 0.3) is 0 Å². The molecule has 1 aliphatic rings. The van der Waals surface area contributed by atoms with Crippen LogP contribution in [0.2, 0.25) is 0 Å². The van der Waals surface area contributed by atoms with E-state index < -0.39 is 0 Å². The molecular weight excluding hydrogens is 240 g/mol. The zero-order valence-electron chi connectivity index (χ0n) is 10.8. The summed E-state index contributed by atoms with van der Waals surface area (Å²) in [6.07, 6.45) is 0. The molecule has 3 rings (SSSR count). The van der Waals surface area contributed by atoms with Crippen LogP contribution in [0.4, 0.5) is 17.1 Å². The van der Waals surface area contributed by atoms with Crippen LogP contribution in [-0.4, -0.2) is 14.1 Å². The Kier molecular flexibility index (Phi) is 2.71. The third kappa shape index (κ3) is 1.95. The largest absolute Gasteiger partial charge is 0.378 e. The molecule has 2 aromatic carbocycles. The topological polar surface area (TPSA) is 15.3 Å². The second-order valence-corrected chi connectivity index (χ2v) is 5.89. The van der Waals surface area contributed by atoms with Crippen LogP contribution in [0.25, 0.3) is 0 Å². The van der Waals surface area contributed by atoms with Crippen molar-refractivity contribution in [3.8, 4) is 0 Å². The van der Waals surface area contributed by atoms with Crippen LogP contribution in [0, 0.1) is 6.92 Å². The highest BCUT2D eigenvalue weighted by Crippen LogP contribution is 2.45. The van der Waals surface area contributed by atoms with Crippen LogP contribution < -0.4 is 10.2 Å². The van der Waals surface area contributed by atoms with E-state index in [1.807, 2.05) is 11.8 Å². The molecule has 0 fully saturated rings. The fourth-order valence-electron chi connectivity index (χ4n) is 2.06. The quantitative estimate of drug-likeness (QED) is 0.700. The van der Waals surface area contributed by atoms with E-state index in [1.165, 1.54) is 32.4 Å². The Morgan fingerprint density at radius 1 is 0.944 bits per heavy atom. The van der Waals surface area contributed by atoms with E-state index in [0.717, 1.165) is 0 Å². The molecule has 0 atom stereocenters. The molecule has 2 aromatic rings. The van der Waals surface area contributed by atoms with Gasteiger partial charge in [0.05, 0.1) is 11.4 Å². The Bertz CT molecular complexity index is 605. The molecule has 1 heterocycles. The molecule has 0 spiro atoms. The van der Waals surface area contributed by atoms with Gasteiger partial charge in [0, 0.05) is 29.6 Å². The lowest BCUT2D eigenvalue weighted by atomic mass is 10.2. The fraction of sp³-hybridized carbons (Fsp3) is 0.200. The van der Waals surface area contributed by atoms with Gasteiger partial charge in [-0.1, -0.05) is 17.8 Å². The number of benzene rings is 2. The molecule has 0 amide bonds. The van der Waals surface area contributed by atoms with Crippen LogP contribution in [-0.2, 0) is 0 Å². The van der Waals surface area contributed by atoms with Crippen LogP contribution in [0.15, 0.2) is 46.2 Å². The first-order valence-electron chi connectivity index (χ1n) is 6.00. The summed E-state index contributed by atoms with van der Waals surface area (Å²) in [5.41, 5.74) is 4.94. The van der Waals surface area contributed by atoms with Crippen molar-refractivity contribution in [3.63, 3.8) is 0 Å². The molecular formula is C15H16N2S. The predicted molar refractivity (Wildman–Crippen MR) is 79.4 cm³/mol. The lowest BCUT2D eigenvalue weighted by molar-refractivity contribution is 1.12. The van der Waals surface area contributed by atoms with Gasteiger partial charge in [-0.2, -0.15) is 0 Å². The zero-order chi connectivity index (χ0) is 12.7. The molecule has 3 heteroatoms. The van der Waals surface area contributed by atoms with E-state index in [9.17, 15) is 0 Å². The summed E-state index contributed by atoms with van der Waals surface area (Å²) in [7, 11) is 4.14. The van der Waals surface area contributed by atoms with Gasteiger partial charge >= 0.3 is 0 Å². The number of aryl methyl sites for hydroxylation is 1. The minimum absolute atomic E-state index is 1.20. The maximum absolute atomic E-state index is 3.49. The molecule has 2 nitrogen and oxygen atoms in total. The highest BCUT2D eigenvalue weighted by atomic mass is 32.2. The average molecular weight is 256 g/mol. The molecule has 0 bridgehead atoms. The highest BCUT2D eigenvalue weighted by molar-refractivity contribution is 7.99. The third-order valence-electron chi connectivity index (χ3n) is 3.11. The summed E-state index contributed by atoms with van der Waals surface area (Å²) in [6, 6.07) is 13.1. The van der Waals surface area contributed by atoms with Crippen LogP contribution in [0.5, 0.6) is 0 Å². The van der Waals surface area contributed by atoms with E-state index in [-0.39, 0.29) is 0 Å². The normalized spacial score (nSPS) is 12.4. The number of rotatable bonds is 1. The van der Waals surface area contributed by atoms with Crippen molar-refractivity contribution in [2.75, 3.05) is 24.3 Å². The SMILES string of the molecule is Cc1ccc2c(c1)Sc1cc(N(C)C)ccc1N2. The van der Waals surface area contributed by atoms with Gasteiger partial charge in [-0.25, -0.2) is 0 Å². The molecule has 18 heavy (non-hydrogen) atoms. The lowest BCUT2D eigenvalue weighted by Gasteiger charge is -2.23. The van der Waals surface area contributed by atoms with Gasteiger partial charge in [-0.15, -0.1) is 0 Å². The second kappa shape index (κ2) is 4.25. The summed E-state index contributed by atoms with van der Waals surface area (Å²) in [5.74, 6) is 0. The molecule has 0 saturated heterocycles. The first-order chi connectivity index (χ1) is 8.63. The number of hydrogen-bond acceptors (Lipinski definition) is 3. The van der Waals surface area contributed by atoms with E-state index in [0.29, 0.717) is 0 Å². The molecule has 0 radical (unpaired) electrons. The molecule has 0 aromatic heterocycles. The summed E-state index contributed by atoms with van der Waals surface area (Å²) in [6.45, 7) is 2.13. The first-order valence-corrected chi connectivity index (χ1v) is 6.82. The van der Waals surface area contributed by atoms with Crippen molar-refractivity contribution in [2.45, 2.75) is 16.7 Å². The molecule has 0 saturated carbocycles. The van der Waals surface area contributed by atoms with Crippen molar-refractivity contribution < 1.29 is 0 Å². The van der Waals surface area contributed by atoms with Crippen LogP contribution >= 0.6 is 11.8 Å². The molecule has 92 valence electrons. The Balaban J connectivity index is 2.03. The van der Waals surface area contributed by atoms with Gasteiger partial charge in [0.15, 0.2) is 0 Å². The summed E-state index contributed by atoms with van der Waals surface area (Å²) in [5, 5.41) is 3.49. The minimum atomic E-state index is 1.20. The molecule has 0 unspecified atom stereocenters. The average Bonchev–Trinajstić information content (AvgIpc) is 2.35. The summed E-state index contributed by atoms with van der Waals surface area (Å²) < 4.78 is 0. The maximum atomic E-state index is 3.49. The number of fused-ring (bicyclic) bond motifs is 2. The second-order valence-electron chi connectivity index (χ2n) is 4.80. The number of nitrogens with zero attached hydrogens (tertiary/aromatic N) is 1. The van der Waals surface area contributed by atoms with Crippen molar-refractivity contribution >= 4 is 28.8 Å². The van der Waals surface area contributed by atoms with Gasteiger partial charge in [0.1, 0.15) is 0 Å². The van der Waals surface area contributed by atoms with E-state index in [1.54, 1.807) is 0 Å². The smallest absolute Gasteiger partial charge is 0.0527 e. The Morgan fingerprint density at radius 3 is 2.33 bits per heavy atom. The molecule has 1 aliphatic heterocycles. The van der Waals surface area contributed by atoms with Crippen molar-refractivity contribution in [3.05, 3.63) is 42.0 Å². The third-order valence-corrected chi connectivity index (χ3v) is 4.22. The summed E-state index contributed by atoms with van der Waals surface area (Å²) in [4.78, 5) is 4.73. The minimum Gasteiger partial charge on any atom is -0.378 e. The Morgan fingerprint density at radius 2 is 1.61 bits per heavy atom. The van der Waals surface area contributed by atoms with Gasteiger partial charge in [-0.05, 0) is 42.8 Å². The predicted octanol–water partition coefficient (Wildman–Crippen LogP) is 4.27. The maximum Gasteiger partial charge on any atom is 0.0527 e. The standard InChI is InChI=1S/C15H16N2S/c1-10-4-6-12-14(8-10)18-15-9-11(17(2)3)5-7-13(15)16-12/h4-9,16H,1-3H3. The summed E-state index contributed by atoms with van der Waals surface area (Å²) >= 11 is 1.84. The Labute approximate surface area is 112 Å². The zero-order valence-corrected chi connectivity index (χ0v) is 11.6. The number of anilines is 3. The fourth-order valence-corrected chi connectivity index (χ4v) is 3.18. The van der Waals surface area contributed by atoms with E-state index in [2.05, 4.69) is 67.6 Å². The van der Waals surface area contributed by atoms with Crippen molar-refractivity contribution in [2.24, 2.45) is 0 Å². The van der Waals surface area contributed by atoms with E-state index >= 15 is 0 Å². The van der Waals surface area contributed by atoms with Crippen LogP contribution in [0.1, 0.15) is 5.56 Å². The first kappa shape index (κ1) is 11.5. The van der Waals surface area contributed by atoms with E-state index in [4.69, 9.17) is 0 Å². The van der Waals surface area contributed by atoms with Gasteiger partial charge in [-0.3, -0.25) is 0 Å². The monoisotopic (exact) mass is 256 g/mol. The molecule has 1 N–H and O–H groups in total. The number of nitrogens with one attached hydrogen (secondary N) is 1.